The molecule has 1 atom stereocenters. The number of likely N-dealkylation sites (tertiary alicyclic amines) is 1. The summed E-state index contributed by atoms with van der Waals surface area (Å²) < 4.78 is 1.93. The number of amides is 1. The number of hydrogen-bond acceptors (Lipinski definition) is 5. The maximum atomic E-state index is 13.0. The first-order chi connectivity index (χ1) is 14.7. The summed E-state index contributed by atoms with van der Waals surface area (Å²) in [5.74, 6) is 1.22. The van der Waals surface area contributed by atoms with Crippen LogP contribution < -0.4 is 0 Å². The molecule has 3 aromatic heterocycles. The Balaban J connectivity index is 1.28. The topological polar surface area (TPSA) is 76.8 Å². The fraction of sp³-hybridized carbons (Fsp3) is 0.261. The number of benzene rings is 1. The van der Waals surface area contributed by atoms with Crippen LogP contribution in [-0.4, -0.2) is 48.4 Å². The van der Waals surface area contributed by atoms with E-state index in [2.05, 4.69) is 15.0 Å². The van der Waals surface area contributed by atoms with Gasteiger partial charge in [0.2, 0.25) is 0 Å². The third kappa shape index (κ3) is 3.54. The van der Waals surface area contributed by atoms with E-state index in [1.54, 1.807) is 18.6 Å². The van der Waals surface area contributed by atoms with Crippen LogP contribution in [0.1, 0.15) is 22.5 Å². The molecule has 5 rings (SSSR count). The number of hydrogen-bond donors (Lipinski definition) is 0. The highest BCUT2D eigenvalue weighted by atomic mass is 16.2. The smallest absolute Gasteiger partial charge is 0.255 e. The zero-order valence-electron chi connectivity index (χ0n) is 16.8. The number of nitrogens with zero attached hydrogens (tertiary/aromatic N) is 6. The third-order valence-electron chi connectivity index (χ3n) is 5.64. The normalized spacial score (nSPS) is 16.3. The minimum atomic E-state index is 0.0450. The third-order valence-corrected chi connectivity index (χ3v) is 5.64. The zero-order valence-corrected chi connectivity index (χ0v) is 16.8. The molecule has 0 aliphatic carbocycles. The second-order valence-corrected chi connectivity index (χ2v) is 7.78. The van der Waals surface area contributed by atoms with E-state index in [4.69, 9.17) is 4.98 Å². The molecule has 0 saturated carbocycles. The van der Waals surface area contributed by atoms with Crippen LogP contribution in [0.15, 0.2) is 61.3 Å². The molecule has 4 heterocycles. The molecule has 7 nitrogen and oxygen atoms in total. The molecule has 0 radical (unpaired) electrons. The van der Waals surface area contributed by atoms with Gasteiger partial charge >= 0.3 is 0 Å². The predicted molar refractivity (Wildman–Crippen MR) is 114 cm³/mol. The predicted octanol–water partition coefficient (Wildman–Crippen LogP) is 3.13. The standard InChI is InChI=1S/C23H22N6O/c1-28-9-7-25-22(28)21-14-24-13-19(27-21)10-16-6-8-29(15-16)23(30)18-11-17-4-2-3-5-20(17)26-12-18/h2-5,7,9,11-14,16H,6,8,10,15H2,1H3/t16-/m0/s1. The van der Waals surface area contributed by atoms with Gasteiger partial charge in [-0.2, -0.15) is 0 Å². The van der Waals surface area contributed by atoms with E-state index < -0.39 is 0 Å². The van der Waals surface area contributed by atoms with Crippen molar-refractivity contribution in [2.75, 3.05) is 13.1 Å². The van der Waals surface area contributed by atoms with Crippen LogP contribution >= 0.6 is 0 Å². The first-order valence-corrected chi connectivity index (χ1v) is 10.1. The monoisotopic (exact) mass is 398 g/mol. The van der Waals surface area contributed by atoms with Gasteiger partial charge < -0.3 is 9.47 Å². The number of carbonyl (C=O) groups is 1. The quantitative estimate of drug-likeness (QED) is 0.528. The number of rotatable bonds is 4. The second-order valence-electron chi connectivity index (χ2n) is 7.78. The lowest BCUT2D eigenvalue weighted by molar-refractivity contribution is 0.0787. The Hall–Kier alpha value is -3.61. The molecule has 1 aliphatic rings. The van der Waals surface area contributed by atoms with Gasteiger partial charge in [0.25, 0.3) is 5.91 Å². The summed E-state index contributed by atoms with van der Waals surface area (Å²) in [6.07, 6.45) is 10.6. The van der Waals surface area contributed by atoms with Crippen molar-refractivity contribution in [1.29, 1.82) is 0 Å². The minimum absolute atomic E-state index is 0.0450. The van der Waals surface area contributed by atoms with Gasteiger partial charge in [0.1, 0.15) is 5.69 Å². The molecule has 7 heteroatoms. The summed E-state index contributed by atoms with van der Waals surface area (Å²) in [5.41, 5.74) is 3.25. The van der Waals surface area contributed by atoms with Crippen LogP contribution in [-0.2, 0) is 13.5 Å². The Bertz CT molecular complexity index is 1220. The molecule has 4 aromatic rings. The molecule has 1 saturated heterocycles. The second kappa shape index (κ2) is 7.67. The van der Waals surface area contributed by atoms with Crippen molar-refractivity contribution < 1.29 is 4.79 Å². The van der Waals surface area contributed by atoms with Crippen molar-refractivity contribution in [1.82, 2.24) is 29.4 Å². The van der Waals surface area contributed by atoms with Crippen molar-refractivity contribution in [3.05, 3.63) is 72.6 Å². The molecule has 1 aromatic carbocycles. The Morgan fingerprint density at radius 2 is 2.07 bits per heavy atom. The Morgan fingerprint density at radius 1 is 1.17 bits per heavy atom. The van der Waals surface area contributed by atoms with Gasteiger partial charge in [-0.1, -0.05) is 18.2 Å². The fourth-order valence-corrected chi connectivity index (χ4v) is 4.07. The average molecular weight is 398 g/mol. The number of carbonyl (C=O) groups excluding carboxylic acids is 1. The lowest BCUT2D eigenvalue weighted by Crippen LogP contribution is -2.29. The first kappa shape index (κ1) is 18.4. The van der Waals surface area contributed by atoms with Crippen LogP contribution in [0.25, 0.3) is 22.4 Å². The fourth-order valence-electron chi connectivity index (χ4n) is 4.07. The SMILES string of the molecule is Cn1ccnc1-c1cncc(C[C@@H]2CCN(C(=O)c3cnc4ccccc4c3)C2)n1. The molecular formula is C23H22N6O. The van der Waals surface area contributed by atoms with Crippen LogP contribution in [0.4, 0.5) is 0 Å². The highest BCUT2D eigenvalue weighted by Gasteiger charge is 2.28. The van der Waals surface area contributed by atoms with E-state index >= 15 is 0 Å². The van der Waals surface area contributed by atoms with Crippen molar-refractivity contribution in [3.63, 3.8) is 0 Å². The molecule has 1 aliphatic heterocycles. The first-order valence-electron chi connectivity index (χ1n) is 10.1. The maximum Gasteiger partial charge on any atom is 0.255 e. The summed E-state index contributed by atoms with van der Waals surface area (Å²) in [6.45, 7) is 1.47. The number of aryl methyl sites for hydroxylation is 1. The van der Waals surface area contributed by atoms with Gasteiger partial charge in [-0.15, -0.1) is 0 Å². The minimum Gasteiger partial charge on any atom is -0.338 e. The summed E-state index contributed by atoms with van der Waals surface area (Å²) in [5, 5.41) is 0.987. The Morgan fingerprint density at radius 3 is 2.93 bits per heavy atom. The molecular weight excluding hydrogens is 376 g/mol. The van der Waals surface area contributed by atoms with Crippen LogP contribution in [0.3, 0.4) is 0 Å². The molecule has 1 amide bonds. The van der Waals surface area contributed by atoms with E-state index in [1.165, 1.54) is 0 Å². The number of para-hydroxylation sites is 1. The molecule has 0 bridgehead atoms. The van der Waals surface area contributed by atoms with Crippen molar-refractivity contribution in [3.8, 4) is 11.5 Å². The van der Waals surface area contributed by atoms with Gasteiger partial charge in [0.15, 0.2) is 5.82 Å². The van der Waals surface area contributed by atoms with Crippen molar-refractivity contribution in [2.45, 2.75) is 12.8 Å². The number of pyridine rings is 1. The number of fused-ring (bicyclic) bond motifs is 1. The molecule has 1 fully saturated rings. The number of imidazole rings is 1. The van der Waals surface area contributed by atoms with E-state index in [1.807, 2.05) is 59.2 Å². The molecule has 30 heavy (non-hydrogen) atoms. The summed E-state index contributed by atoms with van der Waals surface area (Å²) in [7, 11) is 1.94. The lowest BCUT2D eigenvalue weighted by Gasteiger charge is -2.17. The summed E-state index contributed by atoms with van der Waals surface area (Å²) in [6, 6.07) is 9.78. The van der Waals surface area contributed by atoms with E-state index in [0.29, 0.717) is 11.5 Å². The lowest BCUT2D eigenvalue weighted by atomic mass is 10.0. The van der Waals surface area contributed by atoms with E-state index in [9.17, 15) is 4.79 Å². The number of aromatic nitrogens is 5. The van der Waals surface area contributed by atoms with Crippen LogP contribution in [0, 0.1) is 5.92 Å². The van der Waals surface area contributed by atoms with Gasteiger partial charge in [0, 0.05) is 50.3 Å². The van der Waals surface area contributed by atoms with Crippen molar-refractivity contribution >= 4 is 16.8 Å². The average Bonchev–Trinajstić information content (AvgIpc) is 3.42. The van der Waals surface area contributed by atoms with Gasteiger partial charge in [-0.05, 0) is 30.9 Å². The highest BCUT2D eigenvalue weighted by Crippen LogP contribution is 2.23. The van der Waals surface area contributed by atoms with Gasteiger partial charge in [0.05, 0.1) is 23.0 Å². The Kier molecular flexibility index (Phi) is 4.71. The molecule has 0 spiro atoms. The van der Waals surface area contributed by atoms with Crippen LogP contribution in [0.2, 0.25) is 0 Å². The zero-order chi connectivity index (χ0) is 20.5. The highest BCUT2D eigenvalue weighted by molar-refractivity contribution is 5.97. The Labute approximate surface area is 174 Å². The van der Waals surface area contributed by atoms with Crippen LogP contribution in [0.5, 0.6) is 0 Å². The molecule has 0 N–H and O–H groups in total. The summed E-state index contributed by atoms with van der Waals surface area (Å²) >= 11 is 0. The maximum absolute atomic E-state index is 13.0. The van der Waals surface area contributed by atoms with Crippen molar-refractivity contribution in [2.24, 2.45) is 13.0 Å². The molecule has 150 valence electrons. The largest absolute Gasteiger partial charge is 0.338 e. The summed E-state index contributed by atoms with van der Waals surface area (Å²) in [4.78, 5) is 32.8. The molecule has 0 unspecified atom stereocenters. The van der Waals surface area contributed by atoms with E-state index in [0.717, 1.165) is 54.0 Å². The van der Waals surface area contributed by atoms with Gasteiger partial charge in [-0.3, -0.25) is 14.8 Å². The van der Waals surface area contributed by atoms with Gasteiger partial charge in [-0.25, -0.2) is 9.97 Å². The van der Waals surface area contributed by atoms with E-state index in [-0.39, 0.29) is 5.91 Å².